The molecular formula is C29H35N5O3. The van der Waals surface area contributed by atoms with Crippen LogP contribution in [0.5, 0.6) is 11.9 Å². The molecule has 3 aromatic rings. The Balaban J connectivity index is 1.29. The molecule has 3 aliphatic rings. The maximum absolute atomic E-state index is 13.0. The molecule has 0 saturated carbocycles. The molecule has 8 heteroatoms. The van der Waals surface area contributed by atoms with E-state index in [-0.39, 0.29) is 6.09 Å². The second-order valence-electron chi connectivity index (χ2n) is 10.4. The summed E-state index contributed by atoms with van der Waals surface area (Å²) in [6, 6.07) is 15.8. The summed E-state index contributed by atoms with van der Waals surface area (Å²) in [6.45, 7) is 4.42. The highest BCUT2D eigenvalue weighted by atomic mass is 16.6. The minimum absolute atomic E-state index is 0.306. The zero-order chi connectivity index (χ0) is 25.2. The molecule has 1 amide bonds. The number of hydrogen-bond donors (Lipinski definition) is 1. The first-order valence-electron chi connectivity index (χ1n) is 13.5. The Morgan fingerprint density at radius 3 is 2.73 bits per heavy atom. The number of likely N-dealkylation sites (tertiary alicyclic amines) is 1. The van der Waals surface area contributed by atoms with E-state index in [9.17, 15) is 4.79 Å². The first-order valence-corrected chi connectivity index (χ1v) is 13.5. The topological polar surface area (TPSA) is 79.8 Å². The Labute approximate surface area is 218 Å². The third kappa shape index (κ3) is 5.13. The quantitative estimate of drug-likeness (QED) is 0.570. The van der Waals surface area contributed by atoms with Crippen molar-refractivity contribution in [3.8, 4) is 11.9 Å². The van der Waals surface area contributed by atoms with E-state index in [1.54, 1.807) is 4.90 Å². The van der Waals surface area contributed by atoms with Gasteiger partial charge in [0.1, 0.15) is 6.61 Å². The van der Waals surface area contributed by atoms with Gasteiger partial charge in [-0.2, -0.15) is 9.97 Å². The average molecular weight is 502 g/mol. The smallest absolute Gasteiger partial charge is 0.416 e. The molecule has 0 spiro atoms. The van der Waals surface area contributed by atoms with Gasteiger partial charge in [-0.1, -0.05) is 42.5 Å². The van der Waals surface area contributed by atoms with Gasteiger partial charge in [-0.05, 0) is 68.0 Å². The number of hydrogen-bond acceptors (Lipinski definition) is 7. The van der Waals surface area contributed by atoms with Gasteiger partial charge in [0, 0.05) is 37.8 Å². The van der Waals surface area contributed by atoms with Crippen molar-refractivity contribution in [2.75, 3.05) is 46.4 Å². The number of fused-ring (bicyclic) bond motifs is 2. The van der Waals surface area contributed by atoms with Crippen LogP contribution >= 0.6 is 0 Å². The number of rotatable bonds is 5. The van der Waals surface area contributed by atoms with E-state index in [4.69, 9.17) is 14.5 Å². The Hall–Kier alpha value is -3.23. The van der Waals surface area contributed by atoms with Crippen molar-refractivity contribution in [1.82, 2.24) is 25.1 Å². The minimum atomic E-state index is -0.347. The molecule has 2 aliphatic heterocycles. The van der Waals surface area contributed by atoms with Crippen LogP contribution < -0.4 is 14.8 Å². The second-order valence-corrected chi connectivity index (χ2v) is 10.4. The average Bonchev–Trinajstić information content (AvgIpc) is 3.36. The van der Waals surface area contributed by atoms with Crippen molar-refractivity contribution < 1.29 is 14.3 Å². The molecule has 0 radical (unpaired) electrons. The van der Waals surface area contributed by atoms with Gasteiger partial charge in [-0.3, -0.25) is 0 Å². The van der Waals surface area contributed by atoms with E-state index < -0.39 is 0 Å². The van der Waals surface area contributed by atoms with Crippen LogP contribution in [0.2, 0.25) is 0 Å². The summed E-state index contributed by atoms with van der Waals surface area (Å²) < 4.78 is 12.0. The summed E-state index contributed by atoms with van der Waals surface area (Å²) in [5.74, 6) is 0.693. The third-order valence-corrected chi connectivity index (χ3v) is 8.12. The highest BCUT2D eigenvalue weighted by Crippen LogP contribution is 2.38. The molecule has 37 heavy (non-hydrogen) atoms. The lowest BCUT2D eigenvalue weighted by Gasteiger charge is -2.29. The number of piperazine rings is 1. The van der Waals surface area contributed by atoms with Crippen LogP contribution in [0.15, 0.2) is 42.5 Å². The fourth-order valence-electron chi connectivity index (χ4n) is 5.94. The number of aromatic nitrogens is 2. The van der Waals surface area contributed by atoms with Crippen LogP contribution in [0.4, 0.5) is 4.79 Å². The van der Waals surface area contributed by atoms with E-state index in [0.29, 0.717) is 43.5 Å². The molecule has 1 N–H and O–H groups in total. The molecule has 6 rings (SSSR count). The van der Waals surface area contributed by atoms with Crippen molar-refractivity contribution >= 4 is 16.9 Å². The molecule has 3 heterocycles. The maximum atomic E-state index is 13.0. The second kappa shape index (κ2) is 10.6. The van der Waals surface area contributed by atoms with Crippen LogP contribution in [-0.4, -0.2) is 78.3 Å². The van der Waals surface area contributed by atoms with Gasteiger partial charge < -0.3 is 24.6 Å². The first kappa shape index (κ1) is 24.1. The molecule has 0 bridgehead atoms. The summed E-state index contributed by atoms with van der Waals surface area (Å²) in [7, 11) is 2.13. The van der Waals surface area contributed by atoms with Crippen molar-refractivity contribution in [3.63, 3.8) is 0 Å². The number of likely N-dealkylation sites (N-methyl/N-ethyl adjacent to an activating group) is 1. The van der Waals surface area contributed by atoms with Gasteiger partial charge in [-0.15, -0.1) is 0 Å². The summed E-state index contributed by atoms with van der Waals surface area (Å²) in [4.78, 5) is 26.5. The monoisotopic (exact) mass is 501 g/mol. The number of amides is 1. The molecule has 1 aliphatic carbocycles. The standard InChI is InChI=1S/C29H35N5O3/c1-33-15-5-8-22(33)19-36-28-31-26-18-21(24-10-4-7-20-6-2-3-9-23(20)24)11-12-25(26)27(32-28)37-29(35)34-16-13-30-14-17-34/h2-4,6-7,9-10,21-22,30H,5,8,11-19H2,1H3/t21?,22-/m0/s1. The lowest BCUT2D eigenvalue weighted by atomic mass is 9.81. The van der Waals surface area contributed by atoms with Crippen LogP contribution in [0.1, 0.15) is 42.0 Å². The van der Waals surface area contributed by atoms with Gasteiger partial charge in [0.15, 0.2) is 0 Å². The summed E-state index contributed by atoms with van der Waals surface area (Å²) in [5.41, 5.74) is 3.21. The van der Waals surface area contributed by atoms with Gasteiger partial charge in [0.2, 0.25) is 5.88 Å². The summed E-state index contributed by atoms with van der Waals surface area (Å²) >= 11 is 0. The van der Waals surface area contributed by atoms with Crippen molar-refractivity contribution in [3.05, 3.63) is 59.3 Å². The predicted octanol–water partition coefficient (Wildman–Crippen LogP) is 3.78. The van der Waals surface area contributed by atoms with E-state index in [1.807, 2.05) is 0 Å². The molecule has 8 nitrogen and oxygen atoms in total. The number of carbonyl (C=O) groups is 1. The summed E-state index contributed by atoms with van der Waals surface area (Å²) in [6.07, 6.45) is 4.42. The lowest BCUT2D eigenvalue weighted by molar-refractivity contribution is 0.142. The molecule has 2 fully saturated rings. The SMILES string of the molecule is CN1CCC[C@H]1COc1nc2c(c(OC(=O)N3CCNCC3)n1)CCC(c1cccc3ccccc13)C2. The lowest BCUT2D eigenvalue weighted by Crippen LogP contribution is -2.47. The highest BCUT2D eigenvalue weighted by molar-refractivity contribution is 5.86. The van der Waals surface area contributed by atoms with E-state index >= 15 is 0 Å². The van der Waals surface area contributed by atoms with Gasteiger partial charge in [0.05, 0.1) is 5.69 Å². The number of nitrogens with one attached hydrogen (secondary N) is 1. The van der Waals surface area contributed by atoms with E-state index in [1.165, 1.54) is 22.8 Å². The van der Waals surface area contributed by atoms with Gasteiger partial charge >= 0.3 is 12.1 Å². The largest absolute Gasteiger partial charge is 0.462 e. The predicted molar refractivity (Wildman–Crippen MR) is 142 cm³/mol. The fraction of sp³-hybridized carbons (Fsp3) is 0.483. The molecule has 1 unspecified atom stereocenters. The number of ether oxygens (including phenoxy) is 2. The van der Waals surface area contributed by atoms with Gasteiger partial charge in [-0.25, -0.2) is 4.79 Å². The Kier molecular flexibility index (Phi) is 6.93. The Morgan fingerprint density at radius 2 is 1.89 bits per heavy atom. The normalized spacial score (nSPS) is 22.1. The van der Waals surface area contributed by atoms with Crippen molar-refractivity contribution in [2.45, 2.75) is 44.1 Å². The molecular weight excluding hydrogens is 466 g/mol. The summed E-state index contributed by atoms with van der Waals surface area (Å²) in [5, 5.41) is 5.82. The Morgan fingerprint density at radius 1 is 1.05 bits per heavy atom. The first-order chi connectivity index (χ1) is 18.2. The molecule has 2 aromatic carbocycles. The van der Waals surface area contributed by atoms with Crippen LogP contribution in [0, 0.1) is 0 Å². The highest BCUT2D eigenvalue weighted by Gasteiger charge is 2.30. The van der Waals surface area contributed by atoms with Crippen molar-refractivity contribution in [2.24, 2.45) is 0 Å². The van der Waals surface area contributed by atoms with Crippen LogP contribution in [-0.2, 0) is 12.8 Å². The number of carbonyl (C=O) groups excluding carboxylic acids is 1. The third-order valence-electron chi connectivity index (χ3n) is 8.12. The zero-order valence-electron chi connectivity index (χ0n) is 21.5. The number of benzene rings is 2. The minimum Gasteiger partial charge on any atom is -0.462 e. The van der Waals surface area contributed by atoms with Gasteiger partial charge in [0.25, 0.3) is 0 Å². The zero-order valence-corrected chi connectivity index (χ0v) is 21.5. The van der Waals surface area contributed by atoms with E-state index in [2.05, 4.69) is 64.7 Å². The Bertz CT molecular complexity index is 1270. The molecule has 2 saturated heterocycles. The number of nitrogens with zero attached hydrogens (tertiary/aromatic N) is 4. The van der Waals surface area contributed by atoms with Crippen LogP contribution in [0.25, 0.3) is 10.8 Å². The molecule has 2 atom stereocenters. The van der Waals surface area contributed by atoms with Crippen LogP contribution in [0.3, 0.4) is 0 Å². The fourth-order valence-corrected chi connectivity index (χ4v) is 5.94. The van der Waals surface area contributed by atoms with Crippen molar-refractivity contribution in [1.29, 1.82) is 0 Å². The van der Waals surface area contributed by atoms with E-state index in [0.717, 1.165) is 56.6 Å². The molecule has 194 valence electrons. The molecule has 1 aromatic heterocycles. The maximum Gasteiger partial charge on any atom is 0.416 e.